The third-order valence-electron chi connectivity index (χ3n) is 3.90. The molecule has 3 rings (SSSR count). The highest BCUT2D eigenvalue weighted by Gasteiger charge is 2.15. The number of pyridine rings is 1. The number of benzene rings is 2. The van der Waals surface area contributed by atoms with Gasteiger partial charge in [0.25, 0.3) is 11.5 Å². The Labute approximate surface area is 145 Å². The van der Waals surface area contributed by atoms with Gasteiger partial charge in [0, 0.05) is 18.5 Å². The van der Waals surface area contributed by atoms with E-state index in [-0.39, 0.29) is 17.6 Å². The van der Waals surface area contributed by atoms with Crippen molar-refractivity contribution in [2.75, 3.05) is 5.32 Å². The minimum absolute atomic E-state index is 0.0112. The highest BCUT2D eigenvalue weighted by atomic mass is 16.5. The highest BCUT2D eigenvalue weighted by molar-refractivity contribution is 6.12. The molecule has 0 aliphatic rings. The Morgan fingerprint density at radius 2 is 1.76 bits per heavy atom. The van der Waals surface area contributed by atoms with Crippen molar-refractivity contribution in [1.29, 1.82) is 0 Å². The Hall–Kier alpha value is -3.08. The molecule has 1 N–H and O–H groups in total. The van der Waals surface area contributed by atoms with Crippen LogP contribution in [-0.2, 0) is 7.05 Å². The molecule has 0 unspecified atom stereocenters. The van der Waals surface area contributed by atoms with Crippen LogP contribution in [0.1, 0.15) is 24.2 Å². The topological polar surface area (TPSA) is 60.3 Å². The van der Waals surface area contributed by atoms with Crippen molar-refractivity contribution in [2.24, 2.45) is 7.05 Å². The Morgan fingerprint density at radius 1 is 1.08 bits per heavy atom. The average Bonchev–Trinajstić information content (AvgIpc) is 2.59. The number of amides is 1. The summed E-state index contributed by atoms with van der Waals surface area (Å²) in [4.78, 5) is 25.0. The Kier molecular flexibility index (Phi) is 4.57. The van der Waals surface area contributed by atoms with Gasteiger partial charge in [0.1, 0.15) is 5.75 Å². The van der Waals surface area contributed by atoms with Gasteiger partial charge >= 0.3 is 0 Å². The number of carbonyl (C=O) groups excluding carboxylic acids is 1. The smallest absolute Gasteiger partial charge is 0.256 e. The van der Waals surface area contributed by atoms with Gasteiger partial charge in [-0.05, 0) is 32.0 Å². The normalized spacial score (nSPS) is 10.9. The van der Waals surface area contributed by atoms with Crippen LogP contribution in [0.15, 0.2) is 59.4 Å². The molecule has 25 heavy (non-hydrogen) atoms. The number of hydrogen-bond acceptors (Lipinski definition) is 3. The Morgan fingerprint density at radius 3 is 2.52 bits per heavy atom. The molecule has 1 aromatic heterocycles. The van der Waals surface area contributed by atoms with Gasteiger partial charge in [0.15, 0.2) is 0 Å². The van der Waals surface area contributed by atoms with E-state index in [1.807, 2.05) is 50.2 Å². The average molecular weight is 336 g/mol. The number of nitrogens with zero attached hydrogens (tertiary/aromatic N) is 1. The molecule has 0 bridgehead atoms. The van der Waals surface area contributed by atoms with Crippen LogP contribution in [-0.4, -0.2) is 16.6 Å². The molecule has 5 heteroatoms. The van der Waals surface area contributed by atoms with E-state index < -0.39 is 0 Å². The van der Waals surface area contributed by atoms with Crippen LogP contribution in [0, 0.1) is 0 Å². The first kappa shape index (κ1) is 16.8. The highest BCUT2D eigenvalue weighted by Crippen LogP contribution is 2.26. The largest absolute Gasteiger partial charge is 0.489 e. The summed E-state index contributed by atoms with van der Waals surface area (Å²) in [6, 6.07) is 16.0. The van der Waals surface area contributed by atoms with Crippen molar-refractivity contribution in [3.05, 3.63) is 70.5 Å². The summed E-state index contributed by atoms with van der Waals surface area (Å²) in [5.74, 6) is 0.257. The van der Waals surface area contributed by atoms with Crippen LogP contribution in [0.3, 0.4) is 0 Å². The quantitative estimate of drug-likeness (QED) is 0.792. The SMILES string of the molecule is CC(C)Oc1ccccc1NC(=O)c1cc(=O)n(C)c2ccccc12. The molecule has 0 saturated heterocycles. The summed E-state index contributed by atoms with van der Waals surface area (Å²) in [5, 5.41) is 3.59. The second-order valence-electron chi connectivity index (χ2n) is 6.09. The molecule has 0 spiro atoms. The maximum atomic E-state index is 12.8. The van der Waals surface area contributed by atoms with Crippen LogP contribution < -0.4 is 15.6 Å². The zero-order valence-corrected chi connectivity index (χ0v) is 14.4. The van der Waals surface area contributed by atoms with E-state index in [2.05, 4.69) is 5.32 Å². The number of ether oxygens (including phenoxy) is 1. The lowest BCUT2D eigenvalue weighted by molar-refractivity contribution is 0.102. The summed E-state index contributed by atoms with van der Waals surface area (Å²) in [6.07, 6.45) is -0.0112. The van der Waals surface area contributed by atoms with Gasteiger partial charge in [-0.1, -0.05) is 30.3 Å². The lowest BCUT2D eigenvalue weighted by Gasteiger charge is -2.15. The lowest BCUT2D eigenvalue weighted by atomic mass is 10.1. The van der Waals surface area contributed by atoms with Gasteiger partial charge in [0.05, 0.1) is 22.9 Å². The van der Waals surface area contributed by atoms with Crippen molar-refractivity contribution < 1.29 is 9.53 Å². The minimum Gasteiger partial charge on any atom is -0.489 e. The van der Waals surface area contributed by atoms with Crippen molar-refractivity contribution in [1.82, 2.24) is 4.57 Å². The number of aryl methyl sites for hydroxylation is 1. The van der Waals surface area contributed by atoms with E-state index in [0.717, 1.165) is 5.39 Å². The van der Waals surface area contributed by atoms with Crippen LogP contribution in [0.2, 0.25) is 0 Å². The molecular weight excluding hydrogens is 316 g/mol. The lowest BCUT2D eigenvalue weighted by Crippen LogP contribution is -2.22. The van der Waals surface area contributed by atoms with Crippen molar-refractivity contribution in [2.45, 2.75) is 20.0 Å². The van der Waals surface area contributed by atoms with Crippen molar-refractivity contribution >= 4 is 22.5 Å². The number of rotatable bonds is 4. The minimum atomic E-state index is -0.339. The molecule has 2 aromatic carbocycles. The predicted octanol–water partition coefficient (Wildman–Crippen LogP) is 3.58. The summed E-state index contributed by atoms with van der Waals surface area (Å²) < 4.78 is 7.26. The number of nitrogens with one attached hydrogen (secondary N) is 1. The van der Waals surface area contributed by atoms with Gasteiger partial charge in [-0.3, -0.25) is 9.59 Å². The Bertz CT molecular complexity index is 990. The van der Waals surface area contributed by atoms with E-state index in [4.69, 9.17) is 4.74 Å². The maximum absolute atomic E-state index is 12.8. The molecule has 3 aromatic rings. The first-order chi connectivity index (χ1) is 12.0. The van der Waals surface area contributed by atoms with Gasteiger partial charge in [-0.25, -0.2) is 0 Å². The number of aromatic nitrogens is 1. The van der Waals surface area contributed by atoms with E-state index >= 15 is 0 Å². The first-order valence-electron chi connectivity index (χ1n) is 8.13. The van der Waals surface area contributed by atoms with Gasteiger partial charge in [-0.15, -0.1) is 0 Å². The van der Waals surface area contributed by atoms with Crippen LogP contribution in [0.5, 0.6) is 5.75 Å². The Balaban J connectivity index is 2.02. The summed E-state index contributed by atoms with van der Waals surface area (Å²) >= 11 is 0. The van der Waals surface area contributed by atoms with Gasteiger partial charge < -0.3 is 14.6 Å². The molecule has 0 radical (unpaired) electrons. The van der Waals surface area contributed by atoms with Crippen LogP contribution in [0.4, 0.5) is 5.69 Å². The van der Waals surface area contributed by atoms with Gasteiger partial charge in [0.2, 0.25) is 0 Å². The zero-order valence-electron chi connectivity index (χ0n) is 14.4. The van der Waals surface area contributed by atoms with Gasteiger partial charge in [-0.2, -0.15) is 0 Å². The molecule has 1 heterocycles. The monoisotopic (exact) mass is 336 g/mol. The predicted molar refractivity (Wildman–Crippen MR) is 99.3 cm³/mol. The zero-order chi connectivity index (χ0) is 18.0. The molecule has 0 fully saturated rings. The van der Waals surface area contributed by atoms with Crippen molar-refractivity contribution in [3.63, 3.8) is 0 Å². The molecular formula is C20H20N2O3. The van der Waals surface area contributed by atoms with E-state index in [9.17, 15) is 9.59 Å². The second kappa shape index (κ2) is 6.81. The van der Waals surface area contributed by atoms with Crippen molar-refractivity contribution in [3.8, 4) is 5.75 Å². The second-order valence-corrected chi connectivity index (χ2v) is 6.09. The van der Waals surface area contributed by atoms with E-state index in [1.54, 1.807) is 19.2 Å². The maximum Gasteiger partial charge on any atom is 0.256 e. The molecule has 128 valence electrons. The third kappa shape index (κ3) is 3.40. The summed E-state index contributed by atoms with van der Waals surface area (Å²) in [6.45, 7) is 3.85. The fraction of sp³-hybridized carbons (Fsp3) is 0.200. The fourth-order valence-corrected chi connectivity index (χ4v) is 2.71. The molecule has 0 aliphatic carbocycles. The number of anilines is 1. The number of para-hydroxylation sites is 3. The molecule has 5 nitrogen and oxygen atoms in total. The van der Waals surface area contributed by atoms with Crippen LogP contribution >= 0.6 is 0 Å². The molecule has 0 saturated carbocycles. The third-order valence-corrected chi connectivity index (χ3v) is 3.90. The van der Waals surface area contributed by atoms with Crippen LogP contribution in [0.25, 0.3) is 10.9 Å². The summed E-state index contributed by atoms with van der Waals surface area (Å²) in [7, 11) is 1.69. The number of hydrogen-bond donors (Lipinski definition) is 1. The standard InChI is InChI=1S/C20H20N2O3/c1-13(2)25-18-11-7-5-9-16(18)21-20(24)15-12-19(23)22(3)17-10-6-4-8-14(15)17/h4-13H,1-3H3,(H,21,24). The van der Waals surface area contributed by atoms with E-state index in [1.165, 1.54) is 10.6 Å². The first-order valence-corrected chi connectivity index (χ1v) is 8.13. The fourth-order valence-electron chi connectivity index (χ4n) is 2.71. The van der Waals surface area contributed by atoms with E-state index in [0.29, 0.717) is 22.5 Å². The molecule has 0 aliphatic heterocycles. The number of fused-ring (bicyclic) bond motifs is 1. The number of carbonyl (C=O) groups is 1. The molecule has 1 amide bonds. The molecule has 0 atom stereocenters. The summed E-state index contributed by atoms with van der Waals surface area (Å²) in [5.41, 5.74) is 1.41.